The molecule has 3 aromatic heterocycles. The first-order chi connectivity index (χ1) is 21.4. The highest BCUT2D eigenvalue weighted by molar-refractivity contribution is 7.09. The summed E-state index contributed by atoms with van der Waals surface area (Å²) in [5.74, 6) is 0.731. The Hall–Kier alpha value is -5.52. The molecule has 202 valence electrons. The molecule has 0 atom stereocenters. The molecule has 0 aliphatic rings. The van der Waals surface area contributed by atoms with Crippen molar-refractivity contribution in [3.05, 3.63) is 146 Å². The Kier molecular flexibility index (Phi) is 5.33. The van der Waals surface area contributed by atoms with E-state index in [2.05, 4.69) is 155 Å². The molecule has 0 aliphatic heterocycles. The third kappa shape index (κ3) is 3.62. The molecule has 0 amide bonds. The maximum Gasteiger partial charge on any atom is 0.175 e. The second kappa shape index (κ2) is 9.51. The summed E-state index contributed by atoms with van der Waals surface area (Å²) in [6, 6.07) is 51.4. The van der Waals surface area contributed by atoms with E-state index in [1.54, 1.807) is 0 Å². The van der Waals surface area contributed by atoms with Gasteiger partial charge in [-0.2, -0.15) is 4.37 Å². The topological polar surface area (TPSA) is 35.6 Å². The number of para-hydroxylation sites is 6. The molecule has 0 fully saturated rings. The molecule has 0 bridgehead atoms. The molecule has 6 aromatic carbocycles. The fourth-order valence-corrected chi connectivity index (χ4v) is 7.22. The Balaban J connectivity index is 1.23. The Morgan fingerprint density at radius 2 is 0.767 bits per heavy atom. The van der Waals surface area contributed by atoms with Crippen LogP contribution in [-0.4, -0.2) is 18.5 Å². The fraction of sp³-hybridized carbons (Fsp3) is 0. The van der Waals surface area contributed by atoms with Gasteiger partial charge in [0.15, 0.2) is 5.82 Å². The second-order valence-corrected chi connectivity index (χ2v) is 11.4. The van der Waals surface area contributed by atoms with E-state index < -0.39 is 0 Å². The van der Waals surface area contributed by atoms with Crippen LogP contribution in [0.4, 0.5) is 0 Å². The average molecular weight is 569 g/mol. The first-order valence-corrected chi connectivity index (χ1v) is 15.1. The van der Waals surface area contributed by atoms with Crippen LogP contribution in [0.1, 0.15) is 0 Å². The van der Waals surface area contributed by atoms with Crippen molar-refractivity contribution in [2.45, 2.75) is 0 Å². The van der Waals surface area contributed by atoms with Crippen molar-refractivity contribution in [2.24, 2.45) is 0 Å². The van der Waals surface area contributed by atoms with Crippen molar-refractivity contribution in [2.75, 3.05) is 0 Å². The SMILES string of the molecule is c1ccc(-n2c3ccccc3c3ccccc32)c(-c2nsc(-c3ccccc3-n3c4ccccc4c4ccccc43)n2)c1. The number of hydrogen-bond donors (Lipinski definition) is 0. The molecule has 0 aliphatic carbocycles. The highest BCUT2D eigenvalue weighted by atomic mass is 32.1. The quantitative estimate of drug-likeness (QED) is 0.212. The van der Waals surface area contributed by atoms with E-state index in [4.69, 9.17) is 9.36 Å². The molecule has 0 N–H and O–H groups in total. The van der Waals surface area contributed by atoms with Crippen LogP contribution in [0.15, 0.2) is 146 Å². The number of rotatable bonds is 4. The van der Waals surface area contributed by atoms with Crippen molar-refractivity contribution >= 4 is 55.1 Å². The summed E-state index contributed by atoms with van der Waals surface area (Å²) in [6.07, 6.45) is 0. The number of benzene rings is 6. The van der Waals surface area contributed by atoms with Gasteiger partial charge in [0.2, 0.25) is 0 Å². The lowest BCUT2D eigenvalue weighted by Crippen LogP contribution is -1.98. The monoisotopic (exact) mass is 568 g/mol. The largest absolute Gasteiger partial charge is 0.309 e. The van der Waals surface area contributed by atoms with E-state index in [1.165, 1.54) is 55.1 Å². The molecule has 0 radical (unpaired) electrons. The zero-order chi connectivity index (χ0) is 28.3. The molecular weight excluding hydrogens is 545 g/mol. The first-order valence-electron chi connectivity index (χ1n) is 14.4. The summed E-state index contributed by atoms with van der Waals surface area (Å²) in [6.45, 7) is 0. The van der Waals surface area contributed by atoms with Crippen molar-refractivity contribution in [3.63, 3.8) is 0 Å². The summed E-state index contributed by atoms with van der Waals surface area (Å²) in [5.41, 5.74) is 8.93. The van der Waals surface area contributed by atoms with Gasteiger partial charge >= 0.3 is 0 Å². The number of fused-ring (bicyclic) bond motifs is 6. The van der Waals surface area contributed by atoms with Gasteiger partial charge in [-0.3, -0.25) is 0 Å². The summed E-state index contributed by atoms with van der Waals surface area (Å²) in [5, 5.41) is 5.85. The molecule has 43 heavy (non-hydrogen) atoms. The number of hydrogen-bond acceptors (Lipinski definition) is 3. The van der Waals surface area contributed by atoms with E-state index in [9.17, 15) is 0 Å². The minimum absolute atomic E-state index is 0.731. The summed E-state index contributed by atoms with van der Waals surface area (Å²) >= 11 is 1.45. The van der Waals surface area contributed by atoms with Crippen molar-refractivity contribution in [3.8, 4) is 33.3 Å². The van der Waals surface area contributed by atoms with Crippen LogP contribution >= 0.6 is 11.5 Å². The summed E-state index contributed by atoms with van der Waals surface area (Å²) in [7, 11) is 0. The van der Waals surface area contributed by atoms with Gasteiger partial charge in [-0.25, -0.2) is 4.98 Å². The molecule has 0 spiro atoms. The van der Waals surface area contributed by atoms with Crippen molar-refractivity contribution in [1.29, 1.82) is 0 Å². The standard InChI is InChI=1S/C38H24N4S/c1-7-19-31-25(13-1)26-14-2-8-20-32(26)41(31)35-23-11-5-17-29(35)37-39-38(43-40-37)30-18-6-12-24-36(30)42-33-21-9-3-15-27(33)28-16-4-10-22-34(28)42/h1-24H. The Bertz CT molecular complexity index is 2200. The van der Waals surface area contributed by atoms with E-state index in [-0.39, 0.29) is 0 Å². The molecule has 0 unspecified atom stereocenters. The van der Waals surface area contributed by atoms with E-state index in [1.807, 2.05) is 0 Å². The van der Waals surface area contributed by atoms with Crippen LogP contribution in [0.25, 0.3) is 76.9 Å². The average Bonchev–Trinajstić information content (AvgIpc) is 3.78. The van der Waals surface area contributed by atoms with Gasteiger partial charge in [0, 0.05) is 32.7 Å². The molecular formula is C38H24N4S. The molecule has 0 saturated carbocycles. The zero-order valence-electron chi connectivity index (χ0n) is 23.1. The highest BCUT2D eigenvalue weighted by Crippen LogP contribution is 2.39. The molecule has 4 nitrogen and oxygen atoms in total. The van der Waals surface area contributed by atoms with Gasteiger partial charge in [0.1, 0.15) is 5.01 Å². The molecule has 5 heteroatoms. The van der Waals surface area contributed by atoms with Crippen molar-refractivity contribution < 1.29 is 0 Å². The Labute approximate surface area is 251 Å². The number of aromatic nitrogens is 4. The Morgan fingerprint density at radius 1 is 0.395 bits per heavy atom. The van der Waals surface area contributed by atoms with E-state index in [0.29, 0.717) is 0 Å². The lowest BCUT2D eigenvalue weighted by molar-refractivity contribution is 1.16. The van der Waals surface area contributed by atoms with Gasteiger partial charge in [0.25, 0.3) is 0 Å². The fourth-order valence-electron chi connectivity index (χ4n) is 6.51. The maximum atomic E-state index is 5.19. The molecule has 3 heterocycles. The van der Waals surface area contributed by atoms with Crippen LogP contribution < -0.4 is 0 Å². The normalized spacial score (nSPS) is 11.7. The smallest absolute Gasteiger partial charge is 0.175 e. The van der Waals surface area contributed by atoms with Crippen LogP contribution in [0.5, 0.6) is 0 Å². The summed E-state index contributed by atoms with van der Waals surface area (Å²) in [4.78, 5) is 5.19. The van der Waals surface area contributed by atoms with E-state index in [0.717, 1.165) is 33.3 Å². The maximum absolute atomic E-state index is 5.19. The predicted octanol–water partition coefficient (Wildman–Crippen LogP) is 10.1. The minimum atomic E-state index is 0.731. The molecule has 0 saturated heterocycles. The first kappa shape index (κ1) is 24.1. The van der Waals surface area contributed by atoms with Crippen molar-refractivity contribution in [1.82, 2.24) is 18.5 Å². The molecule has 9 aromatic rings. The predicted molar refractivity (Wildman–Crippen MR) is 179 cm³/mol. The van der Waals surface area contributed by atoms with Crippen LogP contribution in [0.3, 0.4) is 0 Å². The van der Waals surface area contributed by atoms with E-state index >= 15 is 0 Å². The second-order valence-electron chi connectivity index (χ2n) is 10.7. The highest BCUT2D eigenvalue weighted by Gasteiger charge is 2.20. The lowest BCUT2D eigenvalue weighted by Gasteiger charge is -2.12. The molecule has 9 rings (SSSR count). The third-order valence-corrected chi connectivity index (χ3v) is 9.10. The number of nitrogens with zero attached hydrogens (tertiary/aromatic N) is 4. The van der Waals surface area contributed by atoms with Gasteiger partial charge in [-0.1, -0.05) is 97.1 Å². The summed E-state index contributed by atoms with van der Waals surface area (Å²) < 4.78 is 9.64. The van der Waals surface area contributed by atoms with Gasteiger partial charge in [0.05, 0.1) is 33.4 Å². The van der Waals surface area contributed by atoms with Gasteiger partial charge in [-0.15, -0.1) is 0 Å². The zero-order valence-corrected chi connectivity index (χ0v) is 23.9. The third-order valence-electron chi connectivity index (χ3n) is 8.35. The van der Waals surface area contributed by atoms with Gasteiger partial charge in [-0.05, 0) is 60.1 Å². The van der Waals surface area contributed by atoms with Crippen LogP contribution in [-0.2, 0) is 0 Å². The van der Waals surface area contributed by atoms with Crippen LogP contribution in [0, 0.1) is 0 Å². The Morgan fingerprint density at radius 3 is 1.26 bits per heavy atom. The minimum Gasteiger partial charge on any atom is -0.309 e. The van der Waals surface area contributed by atoms with Gasteiger partial charge < -0.3 is 9.13 Å². The van der Waals surface area contributed by atoms with Crippen LogP contribution in [0.2, 0.25) is 0 Å². The lowest BCUT2D eigenvalue weighted by atomic mass is 10.1.